The Balaban J connectivity index is 2.19. The van der Waals surface area contributed by atoms with Crippen LogP contribution in [0.2, 0.25) is 0 Å². The maximum absolute atomic E-state index is 5.88. The molecular formula is C15H19N3O. The van der Waals surface area contributed by atoms with Crippen molar-refractivity contribution in [2.75, 3.05) is 5.73 Å². The van der Waals surface area contributed by atoms with E-state index in [1.807, 2.05) is 37.3 Å². The van der Waals surface area contributed by atoms with E-state index in [0.717, 1.165) is 35.5 Å². The number of hydrogen-bond donors (Lipinski definition) is 1. The highest BCUT2D eigenvalue weighted by atomic mass is 16.5. The van der Waals surface area contributed by atoms with Crippen LogP contribution in [0.4, 0.5) is 5.95 Å². The summed E-state index contributed by atoms with van der Waals surface area (Å²) in [6.07, 6.45) is 1.84. The van der Waals surface area contributed by atoms with E-state index in [0.29, 0.717) is 12.6 Å². The number of rotatable bonds is 5. The Morgan fingerprint density at radius 1 is 1.16 bits per heavy atom. The van der Waals surface area contributed by atoms with Gasteiger partial charge in [0.2, 0.25) is 5.95 Å². The molecule has 1 aromatic heterocycles. The van der Waals surface area contributed by atoms with E-state index >= 15 is 0 Å². The van der Waals surface area contributed by atoms with Crippen molar-refractivity contribution >= 4 is 5.95 Å². The van der Waals surface area contributed by atoms with Gasteiger partial charge in [-0.1, -0.05) is 43.7 Å². The van der Waals surface area contributed by atoms with Crippen molar-refractivity contribution in [2.24, 2.45) is 0 Å². The van der Waals surface area contributed by atoms with Crippen LogP contribution in [0.25, 0.3) is 0 Å². The minimum Gasteiger partial charge on any atom is -0.485 e. The molecule has 0 aliphatic rings. The van der Waals surface area contributed by atoms with Gasteiger partial charge in [-0.25, -0.2) is 9.97 Å². The van der Waals surface area contributed by atoms with Gasteiger partial charge in [-0.05, 0) is 18.9 Å². The summed E-state index contributed by atoms with van der Waals surface area (Å²) in [6, 6.07) is 10.1. The summed E-state index contributed by atoms with van der Waals surface area (Å²) in [5, 5.41) is 0. The first-order chi connectivity index (χ1) is 9.20. The fraction of sp³-hybridized carbons (Fsp3) is 0.333. The number of aromatic nitrogens is 2. The molecule has 0 radical (unpaired) electrons. The second kappa shape index (κ2) is 6.18. The third-order valence-corrected chi connectivity index (χ3v) is 2.84. The molecule has 0 saturated carbocycles. The maximum Gasteiger partial charge on any atom is 0.220 e. The van der Waals surface area contributed by atoms with Crippen molar-refractivity contribution in [1.82, 2.24) is 9.97 Å². The molecule has 0 bridgehead atoms. The van der Waals surface area contributed by atoms with E-state index in [2.05, 4.69) is 16.9 Å². The average molecular weight is 257 g/mol. The summed E-state index contributed by atoms with van der Waals surface area (Å²) in [5.41, 5.74) is 8.50. The molecule has 0 unspecified atom stereocenters. The molecule has 4 nitrogen and oxygen atoms in total. The summed E-state index contributed by atoms with van der Waals surface area (Å²) in [6.45, 7) is 4.53. The number of benzene rings is 1. The van der Waals surface area contributed by atoms with E-state index in [-0.39, 0.29) is 0 Å². The van der Waals surface area contributed by atoms with Gasteiger partial charge in [0.25, 0.3) is 0 Å². The number of anilines is 1. The highest BCUT2D eigenvalue weighted by molar-refractivity contribution is 5.37. The van der Waals surface area contributed by atoms with Crippen molar-refractivity contribution in [1.29, 1.82) is 0 Å². The molecule has 0 aliphatic carbocycles. The molecule has 0 spiro atoms. The molecule has 1 heterocycles. The zero-order valence-electron chi connectivity index (χ0n) is 11.4. The van der Waals surface area contributed by atoms with E-state index in [1.54, 1.807) is 0 Å². The first kappa shape index (κ1) is 13.3. The standard InChI is InChI=1S/C15H19N3O/c1-3-7-13-14(11(2)17-15(16)18-13)19-10-12-8-5-4-6-9-12/h4-6,8-9H,3,7,10H2,1-2H3,(H2,16,17,18). The normalized spacial score (nSPS) is 10.4. The molecule has 2 aromatic rings. The molecule has 4 heteroatoms. The summed E-state index contributed by atoms with van der Waals surface area (Å²) >= 11 is 0. The molecule has 0 aliphatic heterocycles. The van der Waals surface area contributed by atoms with Crippen molar-refractivity contribution in [3.63, 3.8) is 0 Å². The van der Waals surface area contributed by atoms with Crippen LogP contribution in [0.15, 0.2) is 30.3 Å². The van der Waals surface area contributed by atoms with Gasteiger partial charge in [0, 0.05) is 0 Å². The Hall–Kier alpha value is -2.10. The Morgan fingerprint density at radius 2 is 1.89 bits per heavy atom. The number of aryl methyl sites for hydroxylation is 2. The largest absolute Gasteiger partial charge is 0.485 e. The molecule has 0 saturated heterocycles. The predicted molar refractivity (Wildman–Crippen MR) is 76.0 cm³/mol. The van der Waals surface area contributed by atoms with E-state index in [1.165, 1.54) is 0 Å². The Morgan fingerprint density at radius 3 is 2.58 bits per heavy atom. The lowest BCUT2D eigenvalue weighted by Crippen LogP contribution is -2.07. The SMILES string of the molecule is CCCc1nc(N)nc(C)c1OCc1ccccc1. The molecule has 2 N–H and O–H groups in total. The quantitative estimate of drug-likeness (QED) is 0.894. The van der Waals surface area contributed by atoms with Crippen LogP contribution in [0.3, 0.4) is 0 Å². The monoisotopic (exact) mass is 257 g/mol. The van der Waals surface area contributed by atoms with E-state index < -0.39 is 0 Å². The van der Waals surface area contributed by atoms with E-state index in [9.17, 15) is 0 Å². The lowest BCUT2D eigenvalue weighted by molar-refractivity contribution is 0.297. The number of ether oxygens (including phenoxy) is 1. The second-order valence-electron chi connectivity index (χ2n) is 4.47. The zero-order chi connectivity index (χ0) is 13.7. The first-order valence-electron chi connectivity index (χ1n) is 6.50. The zero-order valence-corrected chi connectivity index (χ0v) is 11.4. The van der Waals surface area contributed by atoms with Gasteiger partial charge >= 0.3 is 0 Å². The smallest absolute Gasteiger partial charge is 0.220 e. The number of hydrogen-bond acceptors (Lipinski definition) is 4. The predicted octanol–water partition coefficient (Wildman–Crippen LogP) is 2.90. The number of nitrogens with zero attached hydrogens (tertiary/aromatic N) is 2. The van der Waals surface area contributed by atoms with Crippen molar-refractivity contribution in [3.05, 3.63) is 47.3 Å². The molecule has 100 valence electrons. The third kappa shape index (κ3) is 3.44. The van der Waals surface area contributed by atoms with Crippen LogP contribution in [0.5, 0.6) is 5.75 Å². The first-order valence-corrected chi connectivity index (χ1v) is 6.50. The van der Waals surface area contributed by atoms with Crippen LogP contribution >= 0.6 is 0 Å². The van der Waals surface area contributed by atoms with E-state index in [4.69, 9.17) is 10.5 Å². The Kier molecular flexibility index (Phi) is 4.34. The average Bonchev–Trinajstić information content (AvgIpc) is 2.39. The molecule has 1 aromatic carbocycles. The Labute approximate surface area is 113 Å². The molecule has 0 atom stereocenters. The summed E-state index contributed by atoms with van der Waals surface area (Å²) in [5.74, 6) is 1.08. The fourth-order valence-electron chi connectivity index (χ4n) is 1.97. The molecule has 0 amide bonds. The van der Waals surface area contributed by atoms with Gasteiger partial charge in [-0.3, -0.25) is 0 Å². The third-order valence-electron chi connectivity index (χ3n) is 2.84. The lowest BCUT2D eigenvalue weighted by atomic mass is 10.2. The number of nitrogens with two attached hydrogens (primary N) is 1. The van der Waals surface area contributed by atoms with Gasteiger partial charge in [-0.2, -0.15) is 0 Å². The molecule has 19 heavy (non-hydrogen) atoms. The Bertz CT molecular complexity index is 541. The van der Waals surface area contributed by atoms with Gasteiger partial charge in [0.1, 0.15) is 6.61 Å². The van der Waals surface area contributed by atoms with Crippen LogP contribution in [-0.2, 0) is 13.0 Å². The van der Waals surface area contributed by atoms with Crippen molar-refractivity contribution in [2.45, 2.75) is 33.3 Å². The van der Waals surface area contributed by atoms with Gasteiger partial charge in [0.05, 0.1) is 11.4 Å². The van der Waals surface area contributed by atoms with Crippen LogP contribution in [0.1, 0.15) is 30.3 Å². The minimum atomic E-state index is 0.313. The van der Waals surface area contributed by atoms with Crippen molar-refractivity contribution in [3.8, 4) is 5.75 Å². The van der Waals surface area contributed by atoms with Crippen LogP contribution in [-0.4, -0.2) is 9.97 Å². The summed E-state index contributed by atoms with van der Waals surface area (Å²) in [4.78, 5) is 8.45. The molecule has 0 fully saturated rings. The topological polar surface area (TPSA) is 61.0 Å². The van der Waals surface area contributed by atoms with Gasteiger partial charge in [0.15, 0.2) is 5.75 Å². The summed E-state index contributed by atoms with van der Waals surface area (Å²) < 4.78 is 5.88. The van der Waals surface area contributed by atoms with Crippen LogP contribution in [0, 0.1) is 6.92 Å². The fourth-order valence-corrected chi connectivity index (χ4v) is 1.97. The highest BCUT2D eigenvalue weighted by Crippen LogP contribution is 2.23. The van der Waals surface area contributed by atoms with Gasteiger partial charge < -0.3 is 10.5 Å². The van der Waals surface area contributed by atoms with Gasteiger partial charge in [-0.15, -0.1) is 0 Å². The second-order valence-corrected chi connectivity index (χ2v) is 4.47. The van der Waals surface area contributed by atoms with Crippen molar-refractivity contribution < 1.29 is 4.74 Å². The maximum atomic E-state index is 5.88. The summed E-state index contributed by atoms with van der Waals surface area (Å²) in [7, 11) is 0. The minimum absolute atomic E-state index is 0.313. The molecule has 2 rings (SSSR count). The number of nitrogen functional groups attached to an aromatic ring is 1. The van der Waals surface area contributed by atoms with Crippen LogP contribution < -0.4 is 10.5 Å². The highest BCUT2D eigenvalue weighted by Gasteiger charge is 2.11. The molecular weight excluding hydrogens is 238 g/mol. The lowest BCUT2D eigenvalue weighted by Gasteiger charge is -2.13.